The van der Waals surface area contributed by atoms with E-state index < -0.39 is 5.97 Å². The van der Waals surface area contributed by atoms with Gasteiger partial charge >= 0.3 is 5.97 Å². The number of carboxylic acid groups (broad SMARTS) is 1. The highest BCUT2D eigenvalue weighted by Crippen LogP contribution is 2.21. The second-order valence-corrected chi connectivity index (χ2v) is 3.21. The van der Waals surface area contributed by atoms with Gasteiger partial charge in [0.2, 0.25) is 5.01 Å². The molecular weight excluding hydrogens is 190 g/mol. The Morgan fingerprint density at radius 2 is 2.46 bits per heavy atom. The van der Waals surface area contributed by atoms with E-state index >= 15 is 0 Å². The third kappa shape index (κ3) is 1.46. The molecule has 0 bridgehead atoms. The monoisotopic (exact) mass is 195 g/mol. The third-order valence-electron chi connectivity index (χ3n) is 1.50. The first kappa shape index (κ1) is 8.00. The van der Waals surface area contributed by atoms with Gasteiger partial charge in [-0.05, 0) is 6.07 Å². The molecule has 2 heterocycles. The number of furan rings is 1. The lowest BCUT2D eigenvalue weighted by atomic mass is 10.3. The van der Waals surface area contributed by atoms with Crippen LogP contribution in [0.15, 0.2) is 28.4 Å². The molecule has 13 heavy (non-hydrogen) atoms. The predicted octanol–water partition coefficient (Wildman–Crippen LogP) is 2.10. The summed E-state index contributed by atoms with van der Waals surface area (Å²) in [6.07, 6.45) is 3.05. The van der Waals surface area contributed by atoms with Crippen molar-refractivity contribution < 1.29 is 14.3 Å². The molecule has 1 N–H and O–H groups in total. The summed E-state index contributed by atoms with van der Waals surface area (Å²) in [5, 5.41) is 10.4. The highest BCUT2D eigenvalue weighted by atomic mass is 32.1. The zero-order chi connectivity index (χ0) is 9.26. The second kappa shape index (κ2) is 3.02. The van der Waals surface area contributed by atoms with Crippen molar-refractivity contribution in [1.29, 1.82) is 0 Å². The summed E-state index contributed by atoms with van der Waals surface area (Å²) in [7, 11) is 0. The van der Waals surface area contributed by atoms with Crippen LogP contribution < -0.4 is 0 Å². The Morgan fingerprint density at radius 1 is 1.62 bits per heavy atom. The maximum absolute atomic E-state index is 10.5. The fourth-order valence-electron chi connectivity index (χ4n) is 0.915. The number of aromatic nitrogens is 1. The topological polar surface area (TPSA) is 63.3 Å². The van der Waals surface area contributed by atoms with E-state index in [9.17, 15) is 4.79 Å². The second-order valence-electron chi connectivity index (χ2n) is 2.36. The first-order valence-electron chi connectivity index (χ1n) is 3.49. The van der Waals surface area contributed by atoms with Gasteiger partial charge in [-0.2, -0.15) is 0 Å². The van der Waals surface area contributed by atoms with Crippen LogP contribution in [0.2, 0.25) is 0 Å². The number of thiazole rings is 1. The van der Waals surface area contributed by atoms with E-state index in [-0.39, 0.29) is 5.01 Å². The molecule has 0 fully saturated rings. The molecule has 66 valence electrons. The third-order valence-corrected chi connectivity index (χ3v) is 2.33. The van der Waals surface area contributed by atoms with Gasteiger partial charge < -0.3 is 9.52 Å². The Balaban J connectivity index is 2.39. The minimum Gasteiger partial charge on any atom is -0.476 e. The van der Waals surface area contributed by atoms with Crippen LogP contribution in [0, 0.1) is 0 Å². The van der Waals surface area contributed by atoms with E-state index in [0.717, 1.165) is 16.9 Å². The van der Waals surface area contributed by atoms with E-state index in [1.165, 1.54) is 12.5 Å². The fourth-order valence-corrected chi connectivity index (χ4v) is 1.58. The standard InChI is InChI=1S/C8H5NO3S/c10-8(11)7-9-6(4-13-7)5-1-2-12-3-5/h1-4H,(H,10,11). The van der Waals surface area contributed by atoms with Gasteiger partial charge in [0.25, 0.3) is 0 Å². The summed E-state index contributed by atoms with van der Waals surface area (Å²) >= 11 is 1.10. The Morgan fingerprint density at radius 3 is 3.00 bits per heavy atom. The van der Waals surface area contributed by atoms with Crippen LogP contribution in [0.1, 0.15) is 9.80 Å². The van der Waals surface area contributed by atoms with E-state index in [1.54, 1.807) is 11.4 Å². The highest BCUT2D eigenvalue weighted by Gasteiger charge is 2.10. The number of carbonyl (C=O) groups is 1. The zero-order valence-electron chi connectivity index (χ0n) is 6.43. The summed E-state index contributed by atoms with van der Waals surface area (Å²) < 4.78 is 4.86. The maximum Gasteiger partial charge on any atom is 0.365 e. The van der Waals surface area contributed by atoms with Crippen LogP contribution >= 0.6 is 11.3 Å². The van der Waals surface area contributed by atoms with E-state index in [0.29, 0.717) is 5.69 Å². The average molecular weight is 195 g/mol. The van der Waals surface area contributed by atoms with Crippen molar-refractivity contribution in [3.63, 3.8) is 0 Å². The normalized spacial score (nSPS) is 10.2. The molecular formula is C8H5NO3S. The molecule has 5 heteroatoms. The molecule has 2 aromatic rings. The molecule has 2 rings (SSSR count). The van der Waals surface area contributed by atoms with Gasteiger partial charge in [-0.15, -0.1) is 11.3 Å². The summed E-state index contributed by atoms with van der Waals surface area (Å²) in [5.41, 5.74) is 1.43. The Kier molecular flexibility index (Phi) is 1.86. The molecule has 0 radical (unpaired) electrons. The molecule has 0 spiro atoms. The summed E-state index contributed by atoms with van der Waals surface area (Å²) in [4.78, 5) is 14.4. The number of carboxylic acids is 1. The van der Waals surface area contributed by atoms with Crippen LogP contribution in [0.25, 0.3) is 11.3 Å². The highest BCUT2D eigenvalue weighted by molar-refractivity contribution is 7.11. The first-order chi connectivity index (χ1) is 6.27. The van der Waals surface area contributed by atoms with Crippen molar-refractivity contribution in [2.45, 2.75) is 0 Å². The Labute approximate surface area is 77.5 Å². The van der Waals surface area contributed by atoms with Crippen LogP contribution in [-0.2, 0) is 0 Å². The van der Waals surface area contributed by atoms with Gasteiger partial charge in [-0.25, -0.2) is 9.78 Å². The van der Waals surface area contributed by atoms with E-state index in [2.05, 4.69) is 4.98 Å². The van der Waals surface area contributed by atoms with Crippen LogP contribution in [-0.4, -0.2) is 16.1 Å². The predicted molar refractivity (Wildman–Crippen MR) is 46.8 cm³/mol. The summed E-state index contributed by atoms with van der Waals surface area (Å²) in [6, 6.07) is 1.74. The number of nitrogens with zero attached hydrogens (tertiary/aromatic N) is 1. The van der Waals surface area contributed by atoms with Crippen molar-refractivity contribution in [1.82, 2.24) is 4.98 Å². The van der Waals surface area contributed by atoms with Crippen molar-refractivity contribution in [2.24, 2.45) is 0 Å². The Hall–Kier alpha value is -1.62. The van der Waals surface area contributed by atoms with Gasteiger partial charge in [0.05, 0.1) is 18.2 Å². The smallest absolute Gasteiger partial charge is 0.365 e. The van der Waals surface area contributed by atoms with Crippen molar-refractivity contribution >= 4 is 17.3 Å². The lowest BCUT2D eigenvalue weighted by Crippen LogP contribution is -1.93. The van der Waals surface area contributed by atoms with Crippen molar-refractivity contribution in [3.05, 3.63) is 29.0 Å². The molecule has 0 unspecified atom stereocenters. The molecule has 2 aromatic heterocycles. The minimum atomic E-state index is -1.00. The SMILES string of the molecule is O=C(O)c1nc(-c2ccoc2)cs1. The molecule has 0 saturated heterocycles. The average Bonchev–Trinajstić information content (AvgIpc) is 2.75. The fraction of sp³-hybridized carbons (Fsp3) is 0. The van der Waals surface area contributed by atoms with Crippen LogP contribution in [0.5, 0.6) is 0 Å². The Bertz CT molecular complexity index is 418. The number of aromatic carboxylic acids is 1. The molecule has 0 aliphatic rings. The maximum atomic E-state index is 10.5. The first-order valence-corrected chi connectivity index (χ1v) is 4.37. The summed E-state index contributed by atoms with van der Waals surface area (Å²) in [6.45, 7) is 0. The quantitative estimate of drug-likeness (QED) is 0.797. The van der Waals surface area contributed by atoms with Crippen molar-refractivity contribution in [3.8, 4) is 11.3 Å². The van der Waals surface area contributed by atoms with Gasteiger partial charge in [0.1, 0.15) is 0 Å². The van der Waals surface area contributed by atoms with Crippen LogP contribution in [0.4, 0.5) is 0 Å². The van der Waals surface area contributed by atoms with E-state index in [1.807, 2.05) is 0 Å². The van der Waals surface area contributed by atoms with Crippen molar-refractivity contribution in [2.75, 3.05) is 0 Å². The number of hydrogen-bond donors (Lipinski definition) is 1. The molecule has 0 saturated carbocycles. The zero-order valence-corrected chi connectivity index (χ0v) is 7.25. The van der Waals surface area contributed by atoms with E-state index in [4.69, 9.17) is 9.52 Å². The molecule has 4 nitrogen and oxygen atoms in total. The van der Waals surface area contributed by atoms with Crippen LogP contribution in [0.3, 0.4) is 0 Å². The molecule has 0 aliphatic carbocycles. The molecule has 0 amide bonds. The molecule has 0 atom stereocenters. The largest absolute Gasteiger partial charge is 0.476 e. The molecule has 0 aliphatic heterocycles. The number of rotatable bonds is 2. The lowest BCUT2D eigenvalue weighted by molar-refractivity contribution is 0.0696. The van der Waals surface area contributed by atoms with Gasteiger partial charge in [0, 0.05) is 10.9 Å². The number of hydrogen-bond acceptors (Lipinski definition) is 4. The van der Waals surface area contributed by atoms with Gasteiger partial charge in [-0.1, -0.05) is 0 Å². The lowest BCUT2D eigenvalue weighted by Gasteiger charge is -1.85. The molecule has 0 aromatic carbocycles. The van der Waals surface area contributed by atoms with Gasteiger partial charge in [0.15, 0.2) is 0 Å². The minimum absolute atomic E-state index is 0.0937. The summed E-state index contributed by atoms with van der Waals surface area (Å²) in [5.74, 6) is -1.00. The van der Waals surface area contributed by atoms with Gasteiger partial charge in [-0.3, -0.25) is 0 Å².